The maximum Gasteiger partial charge on any atom is 0.321 e. The average Bonchev–Trinajstić information content (AvgIpc) is 2.85. The fourth-order valence-corrected chi connectivity index (χ4v) is 4.66. The van der Waals surface area contributed by atoms with Crippen molar-refractivity contribution in [2.24, 2.45) is 0 Å². The van der Waals surface area contributed by atoms with Gasteiger partial charge in [-0.3, -0.25) is 4.79 Å². The number of nitrogens with one attached hydrogen (secondary N) is 2. The van der Waals surface area contributed by atoms with Crippen molar-refractivity contribution >= 4 is 17.6 Å². The molecule has 0 bridgehead atoms. The first-order valence-corrected chi connectivity index (χ1v) is 11.9. The first-order chi connectivity index (χ1) is 15.7. The number of benzene rings is 2. The Balaban J connectivity index is 1.33. The van der Waals surface area contributed by atoms with Crippen LogP contribution in [0.5, 0.6) is 0 Å². The summed E-state index contributed by atoms with van der Waals surface area (Å²) in [6.07, 6.45) is 10.2. The van der Waals surface area contributed by atoms with Crippen molar-refractivity contribution < 1.29 is 9.59 Å². The molecule has 5 heteroatoms. The highest BCUT2D eigenvalue weighted by Gasteiger charge is 2.25. The molecule has 5 nitrogen and oxygen atoms in total. The maximum absolute atomic E-state index is 12.7. The van der Waals surface area contributed by atoms with Crippen molar-refractivity contribution in [3.63, 3.8) is 0 Å². The van der Waals surface area contributed by atoms with E-state index in [-0.39, 0.29) is 17.9 Å². The highest BCUT2D eigenvalue weighted by atomic mass is 16.2. The van der Waals surface area contributed by atoms with Gasteiger partial charge in [0.2, 0.25) is 0 Å². The lowest BCUT2D eigenvalue weighted by atomic mass is 9.89. The number of likely N-dealkylation sites (tertiary alicyclic amines) is 1. The Morgan fingerprint density at radius 3 is 2.69 bits per heavy atom. The molecular formula is C27H33N3O2. The van der Waals surface area contributed by atoms with Crippen LogP contribution in [-0.2, 0) is 0 Å². The first-order valence-electron chi connectivity index (χ1n) is 11.9. The van der Waals surface area contributed by atoms with Gasteiger partial charge in [0.15, 0.2) is 0 Å². The standard InChI is InChI=1S/C27H33N3O2/c31-26(28-17-16-21-9-3-1-4-10-21)23-12-7-11-22(19-23)24-13-8-18-30(20-24)27(32)29-25-14-5-2-6-15-25/h2,5-7,9,11-12,14-15,19,24H,1,3-4,8,10,13,16-18,20H2,(H,28,31)(H,29,32). The fraction of sp³-hybridized carbons (Fsp3) is 0.407. The minimum atomic E-state index is -0.0631. The third-order valence-electron chi connectivity index (χ3n) is 6.47. The van der Waals surface area contributed by atoms with Crippen LogP contribution in [0.4, 0.5) is 10.5 Å². The predicted octanol–water partition coefficient (Wildman–Crippen LogP) is 5.72. The summed E-state index contributed by atoms with van der Waals surface area (Å²) in [6, 6.07) is 17.4. The van der Waals surface area contributed by atoms with E-state index in [9.17, 15) is 9.59 Å². The monoisotopic (exact) mass is 431 g/mol. The van der Waals surface area contributed by atoms with Crippen molar-refractivity contribution in [2.45, 2.75) is 50.9 Å². The van der Waals surface area contributed by atoms with Crippen LogP contribution in [-0.4, -0.2) is 36.5 Å². The van der Waals surface area contributed by atoms with Crippen molar-refractivity contribution in [3.05, 3.63) is 77.4 Å². The van der Waals surface area contributed by atoms with E-state index in [0.717, 1.165) is 37.1 Å². The second kappa shape index (κ2) is 11.0. The molecule has 0 radical (unpaired) electrons. The molecule has 1 saturated heterocycles. The third-order valence-corrected chi connectivity index (χ3v) is 6.47. The predicted molar refractivity (Wildman–Crippen MR) is 129 cm³/mol. The lowest BCUT2D eigenvalue weighted by molar-refractivity contribution is 0.0953. The highest BCUT2D eigenvalue weighted by molar-refractivity contribution is 5.94. The van der Waals surface area contributed by atoms with Crippen LogP contribution < -0.4 is 10.6 Å². The van der Waals surface area contributed by atoms with Crippen LogP contribution in [0.3, 0.4) is 0 Å². The Kier molecular flexibility index (Phi) is 7.59. The minimum absolute atomic E-state index is 0.0160. The van der Waals surface area contributed by atoms with E-state index in [1.165, 1.54) is 31.3 Å². The molecule has 0 aromatic heterocycles. The highest BCUT2D eigenvalue weighted by Crippen LogP contribution is 2.28. The smallest absolute Gasteiger partial charge is 0.321 e. The van der Waals surface area contributed by atoms with Crippen LogP contribution >= 0.6 is 0 Å². The number of nitrogens with zero attached hydrogens (tertiary/aromatic N) is 1. The van der Waals surface area contributed by atoms with Gasteiger partial charge in [0.05, 0.1) is 0 Å². The molecular weight excluding hydrogens is 398 g/mol. The van der Waals surface area contributed by atoms with E-state index in [4.69, 9.17) is 0 Å². The molecule has 2 aromatic carbocycles. The van der Waals surface area contributed by atoms with Gasteiger partial charge < -0.3 is 15.5 Å². The van der Waals surface area contributed by atoms with Crippen molar-refractivity contribution in [3.8, 4) is 0 Å². The zero-order valence-corrected chi connectivity index (χ0v) is 18.7. The lowest BCUT2D eigenvalue weighted by Gasteiger charge is -2.33. The van der Waals surface area contributed by atoms with Crippen LogP contribution in [0.25, 0.3) is 0 Å². The molecule has 1 aliphatic carbocycles. The normalized spacial score (nSPS) is 18.6. The summed E-state index contributed by atoms with van der Waals surface area (Å²) in [5.74, 6) is 0.225. The van der Waals surface area contributed by atoms with Crippen molar-refractivity contribution in [1.82, 2.24) is 10.2 Å². The lowest BCUT2D eigenvalue weighted by Crippen LogP contribution is -2.41. The molecule has 2 aromatic rings. The van der Waals surface area contributed by atoms with Gasteiger partial charge in [-0.1, -0.05) is 42.0 Å². The van der Waals surface area contributed by atoms with E-state index in [1.54, 1.807) is 0 Å². The Hall–Kier alpha value is -3.08. The number of hydrogen-bond acceptors (Lipinski definition) is 2. The molecule has 32 heavy (non-hydrogen) atoms. The maximum atomic E-state index is 12.7. The molecule has 1 aliphatic heterocycles. The molecule has 168 valence electrons. The van der Waals surface area contributed by atoms with Gasteiger partial charge in [-0.05, 0) is 74.8 Å². The number of hydrogen-bond donors (Lipinski definition) is 2. The molecule has 0 spiro atoms. The minimum Gasteiger partial charge on any atom is -0.352 e. The van der Waals surface area contributed by atoms with E-state index in [1.807, 2.05) is 53.4 Å². The molecule has 0 saturated carbocycles. The molecule has 1 fully saturated rings. The van der Waals surface area contributed by atoms with Gasteiger partial charge in [-0.2, -0.15) is 0 Å². The summed E-state index contributed by atoms with van der Waals surface area (Å²) in [6.45, 7) is 2.11. The van der Waals surface area contributed by atoms with Gasteiger partial charge in [0.1, 0.15) is 0 Å². The quantitative estimate of drug-likeness (QED) is 0.575. The second-order valence-electron chi connectivity index (χ2n) is 8.82. The Morgan fingerprint density at radius 2 is 1.88 bits per heavy atom. The SMILES string of the molecule is O=C(NCCC1=CCCCC1)c1cccc(C2CCCN(C(=O)Nc3ccccc3)C2)c1. The van der Waals surface area contributed by atoms with Crippen molar-refractivity contribution in [1.29, 1.82) is 0 Å². The van der Waals surface area contributed by atoms with Crippen molar-refractivity contribution in [2.75, 3.05) is 25.0 Å². The number of rotatable bonds is 6. The van der Waals surface area contributed by atoms with Crippen LogP contribution in [0.2, 0.25) is 0 Å². The summed E-state index contributed by atoms with van der Waals surface area (Å²) < 4.78 is 0. The number of anilines is 1. The zero-order valence-electron chi connectivity index (χ0n) is 18.7. The number of amides is 3. The summed E-state index contributed by atoms with van der Waals surface area (Å²) in [4.78, 5) is 27.3. The number of carbonyl (C=O) groups excluding carboxylic acids is 2. The molecule has 3 amide bonds. The van der Waals surface area contributed by atoms with E-state index < -0.39 is 0 Å². The number of carbonyl (C=O) groups is 2. The average molecular weight is 432 g/mol. The van der Waals surface area contributed by atoms with E-state index in [2.05, 4.69) is 22.8 Å². The number of piperidine rings is 1. The number of urea groups is 1. The molecule has 4 rings (SSSR count). The topological polar surface area (TPSA) is 61.4 Å². The van der Waals surface area contributed by atoms with Gasteiger partial charge in [0, 0.05) is 36.8 Å². The Morgan fingerprint density at radius 1 is 1.00 bits per heavy atom. The van der Waals surface area contributed by atoms with Gasteiger partial charge in [0.25, 0.3) is 5.91 Å². The van der Waals surface area contributed by atoms with Crippen LogP contribution in [0.1, 0.15) is 66.8 Å². The Bertz CT molecular complexity index is 954. The fourth-order valence-electron chi connectivity index (χ4n) is 4.66. The molecule has 1 unspecified atom stereocenters. The van der Waals surface area contributed by atoms with Crippen LogP contribution in [0.15, 0.2) is 66.2 Å². The summed E-state index contributed by atoms with van der Waals surface area (Å²) in [5.41, 5.74) is 4.11. The molecule has 2 N–H and O–H groups in total. The van der Waals surface area contributed by atoms with E-state index >= 15 is 0 Å². The summed E-state index contributed by atoms with van der Waals surface area (Å²) >= 11 is 0. The summed E-state index contributed by atoms with van der Waals surface area (Å²) in [7, 11) is 0. The number of allylic oxidation sites excluding steroid dienone is 1. The van der Waals surface area contributed by atoms with E-state index in [0.29, 0.717) is 18.7 Å². The van der Waals surface area contributed by atoms with Crippen LogP contribution in [0, 0.1) is 0 Å². The summed E-state index contributed by atoms with van der Waals surface area (Å²) in [5, 5.41) is 6.06. The second-order valence-corrected chi connectivity index (χ2v) is 8.82. The van der Waals surface area contributed by atoms with Gasteiger partial charge in [-0.25, -0.2) is 4.79 Å². The molecule has 1 heterocycles. The van der Waals surface area contributed by atoms with Gasteiger partial charge >= 0.3 is 6.03 Å². The Labute approximate surface area is 190 Å². The first kappa shape index (κ1) is 22.1. The van der Waals surface area contributed by atoms with Gasteiger partial charge in [-0.15, -0.1) is 0 Å². The number of para-hydroxylation sites is 1. The third kappa shape index (κ3) is 6.00. The molecule has 1 atom stereocenters. The largest absolute Gasteiger partial charge is 0.352 e. The molecule has 2 aliphatic rings. The zero-order chi connectivity index (χ0) is 22.2.